The molecule has 1 aliphatic rings. The van der Waals surface area contributed by atoms with Gasteiger partial charge in [-0.05, 0) is 48.7 Å². The fourth-order valence-corrected chi connectivity index (χ4v) is 3.42. The van der Waals surface area contributed by atoms with Crippen molar-refractivity contribution in [3.8, 4) is 0 Å². The Labute approximate surface area is 165 Å². The van der Waals surface area contributed by atoms with E-state index < -0.39 is 24.0 Å². The molecular formula is C20H18ClF3N2O2. The molecule has 1 fully saturated rings. The quantitative estimate of drug-likeness (QED) is 0.751. The first-order valence-electron chi connectivity index (χ1n) is 8.72. The van der Waals surface area contributed by atoms with Crippen LogP contribution in [0.3, 0.4) is 0 Å². The summed E-state index contributed by atoms with van der Waals surface area (Å²) in [7, 11) is 0. The third-order valence-corrected chi connectivity index (χ3v) is 5.11. The molecule has 0 radical (unpaired) electrons. The number of amides is 2. The molecule has 3 rings (SSSR count). The number of hydrogen-bond acceptors (Lipinski definition) is 2. The van der Waals surface area contributed by atoms with Crippen molar-refractivity contribution in [3.63, 3.8) is 0 Å². The zero-order chi connectivity index (χ0) is 20.4. The normalized spacial score (nSPS) is 15.4. The molecular weight excluding hydrogens is 393 g/mol. The van der Waals surface area contributed by atoms with E-state index in [-0.39, 0.29) is 5.91 Å². The number of halogens is 4. The van der Waals surface area contributed by atoms with Crippen LogP contribution >= 0.6 is 11.6 Å². The molecule has 2 aromatic carbocycles. The second-order valence-corrected chi connectivity index (χ2v) is 7.21. The van der Waals surface area contributed by atoms with Crippen molar-refractivity contribution in [2.24, 2.45) is 0 Å². The van der Waals surface area contributed by atoms with E-state index in [9.17, 15) is 22.8 Å². The minimum Gasteiger partial charge on any atom is -0.346 e. The Morgan fingerprint density at radius 2 is 1.75 bits per heavy atom. The number of carbonyl (C=O) groups excluding carboxylic acids is 2. The van der Waals surface area contributed by atoms with Crippen LogP contribution in [0, 0.1) is 0 Å². The fourth-order valence-electron chi connectivity index (χ4n) is 3.23. The van der Waals surface area contributed by atoms with Crippen molar-refractivity contribution in [2.45, 2.75) is 30.9 Å². The van der Waals surface area contributed by atoms with Crippen molar-refractivity contribution < 1.29 is 22.8 Å². The Bertz CT molecular complexity index is 878. The Hall–Kier alpha value is -2.54. The van der Waals surface area contributed by atoms with E-state index in [1.54, 1.807) is 48.5 Å². The summed E-state index contributed by atoms with van der Waals surface area (Å²) in [5.41, 5.74) is 0.609. The summed E-state index contributed by atoms with van der Waals surface area (Å²) >= 11 is 5.88. The van der Waals surface area contributed by atoms with E-state index in [2.05, 4.69) is 5.32 Å². The van der Waals surface area contributed by atoms with Crippen molar-refractivity contribution in [1.82, 2.24) is 5.32 Å². The van der Waals surface area contributed by atoms with E-state index in [1.165, 1.54) is 0 Å². The maximum Gasteiger partial charge on any atom is 0.405 e. The van der Waals surface area contributed by atoms with Gasteiger partial charge in [-0.1, -0.05) is 36.2 Å². The van der Waals surface area contributed by atoms with E-state index in [1.807, 2.05) is 5.32 Å². The molecule has 8 heteroatoms. The third-order valence-electron chi connectivity index (χ3n) is 4.87. The van der Waals surface area contributed by atoms with Gasteiger partial charge < -0.3 is 10.6 Å². The van der Waals surface area contributed by atoms with Gasteiger partial charge in [-0.2, -0.15) is 13.2 Å². The van der Waals surface area contributed by atoms with Crippen molar-refractivity contribution in [3.05, 3.63) is 64.7 Å². The number of alkyl halides is 3. The van der Waals surface area contributed by atoms with Crippen LogP contribution in [0.1, 0.15) is 35.2 Å². The van der Waals surface area contributed by atoms with Crippen LogP contribution in [0.2, 0.25) is 5.02 Å². The average molecular weight is 411 g/mol. The van der Waals surface area contributed by atoms with Gasteiger partial charge in [0, 0.05) is 16.3 Å². The average Bonchev–Trinajstić information content (AvgIpc) is 2.60. The summed E-state index contributed by atoms with van der Waals surface area (Å²) < 4.78 is 37.2. The largest absolute Gasteiger partial charge is 0.405 e. The van der Waals surface area contributed by atoms with Crippen molar-refractivity contribution >= 4 is 29.1 Å². The zero-order valence-electron chi connectivity index (χ0n) is 14.8. The van der Waals surface area contributed by atoms with Gasteiger partial charge >= 0.3 is 6.18 Å². The van der Waals surface area contributed by atoms with E-state index in [0.717, 1.165) is 6.42 Å². The molecule has 2 aromatic rings. The first-order chi connectivity index (χ1) is 13.2. The highest BCUT2D eigenvalue weighted by molar-refractivity contribution is 6.31. The van der Waals surface area contributed by atoms with Crippen molar-refractivity contribution in [2.75, 3.05) is 11.9 Å². The molecule has 0 saturated heterocycles. The molecule has 2 amide bonds. The number of hydrogen-bond donors (Lipinski definition) is 2. The smallest absolute Gasteiger partial charge is 0.346 e. The van der Waals surface area contributed by atoms with Crippen LogP contribution in [0.15, 0.2) is 48.5 Å². The lowest BCUT2D eigenvalue weighted by molar-refractivity contribution is -0.144. The topological polar surface area (TPSA) is 58.2 Å². The van der Waals surface area contributed by atoms with E-state index >= 15 is 0 Å². The van der Waals surface area contributed by atoms with Gasteiger partial charge in [0.2, 0.25) is 5.91 Å². The first kappa shape index (κ1) is 20.2. The SMILES string of the molecule is O=C(Nc1ccc(C2(C(=O)NCC(F)(F)F)CCC2)cc1)c1cccc(Cl)c1. The molecule has 1 saturated carbocycles. The van der Waals surface area contributed by atoms with Gasteiger partial charge in [-0.3, -0.25) is 9.59 Å². The molecule has 0 aromatic heterocycles. The first-order valence-corrected chi connectivity index (χ1v) is 9.10. The van der Waals surface area contributed by atoms with Crippen LogP contribution < -0.4 is 10.6 Å². The van der Waals surface area contributed by atoms with Gasteiger partial charge in [0.05, 0.1) is 5.41 Å². The number of nitrogens with one attached hydrogen (secondary N) is 2. The Morgan fingerprint density at radius 1 is 1.07 bits per heavy atom. The summed E-state index contributed by atoms with van der Waals surface area (Å²) in [4.78, 5) is 24.6. The molecule has 4 nitrogen and oxygen atoms in total. The van der Waals surface area contributed by atoms with Gasteiger partial charge in [-0.15, -0.1) is 0 Å². The highest BCUT2D eigenvalue weighted by atomic mass is 35.5. The molecule has 2 N–H and O–H groups in total. The summed E-state index contributed by atoms with van der Waals surface area (Å²) in [6.45, 7) is -1.35. The maximum absolute atomic E-state index is 12.4. The molecule has 0 bridgehead atoms. The number of carbonyl (C=O) groups is 2. The zero-order valence-corrected chi connectivity index (χ0v) is 15.5. The molecule has 1 aliphatic carbocycles. The second kappa shape index (κ2) is 7.83. The lowest BCUT2D eigenvalue weighted by Gasteiger charge is -2.40. The molecule has 0 atom stereocenters. The molecule has 28 heavy (non-hydrogen) atoms. The predicted octanol–water partition coefficient (Wildman–Crippen LogP) is 4.69. The van der Waals surface area contributed by atoms with Gasteiger partial charge in [-0.25, -0.2) is 0 Å². The highest BCUT2D eigenvalue weighted by Crippen LogP contribution is 2.44. The lowest BCUT2D eigenvalue weighted by Crippen LogP contribution is -2.51. The summed E-state index contributed by atoms with van der Waals surface area (Å²) in [6.07, 6.45) is -2.70. The van der Waals surface area contributed by atoms with E-state index in [4.69, 9.17) is 11.6 Å². The summed E-state index contributed by atoms with van der Waals surface area (Å²) in [6, 6.07) is 13.1. The minimum atomic E-state index is -4.45. The van der Waals surface area contributed by atoms with Gasteiger partial charge in [0.1, 0.15) is 6.54 Å². The molecule has 148 valence electrons. The van der Waals surface area contributed by atoms with Gasteiger partial charge in [0.25, 0.3) is 5.91 Å². The maximum atomic E-state index is 12.4. The Balaban J connectivity index is 1.70. The second-order valence-electron chi connectivity index (χ2n) is 6.78. The predicted molar refractivity (Wildman–Crippen MR) is 100 cm³/mol. The molecule has 0 unspecified atom stereocenters. The minimum absolute atomic E-state index is 0.337. The van der Waals surface area contributed by atoms with Crippen LogP contribution in [0.5, 0.6) is 0 Å². The molecule has 0 aliphatic heterocycles. The number of rotatable bonds is 5. The molecule has 0 heterocycles. The molecule has 0 spiro atoms. The number of benzene rings is 2. The number of anilines is 1. The van der Waals surface area contributed by atoms with Gasteiger partial charge in [0.15, 0.2) is 0 Å². The monoisotopic (exact) mass is 410 g/mol. The van der Waals surface area contributed by atoms with E-state index in [0.29, 0.717) is 34.7 Å². The van der Waals surface area contributed by atoms with Crippen LogP contribution in [-0.2, 0) is 10.2 Å². The third kappa shape index (κ3) is 4.47. The highest BCUT2D eigenvalue weighted by Gasteiger charge is 2.46. The van der Waals surface area contributed by atoms with Crippen LogP contribution in [-0.4, -0.2) is 24.5 Å². The van der Waals surface area contributed by atoms with Crippen molar-refractivity contribution in [1.29, 1.82) is 0 Å². The fraction of sp³-hybridized carbons (Fsp3) is 0.300. The Morgan fingerprint density at radius 3 is 2.29 bits per heavy atom. The summed E-state index contributed by atoms with van der Waals surface area (Å²) in [5, 5.41) is 5.16. The summed E-state index contributed by atoms with van der Waals surface area (Å²) in [5.74, 6) is -0.955. The van der Waals surface area contributed by atoms with Crippen LogP contribution in [0.4, 0.5) is 18.9 Å². The lowest BCUT2D eigenvalue weighted by atomic mass is 9.64. The van der Waals surface area contributed by atoms with Crippen LogP contribution in [0.25, 0.3) is 0 Å². The standard InChI is InChI=1S/C20H18ClF3N2O2/c21-15-4-1-3-13(11-15)17(27)26-16-7-5-14(6-8-16)19(9-2-10-19)18(28)25-12-20(22,23)24/h1,3-8,11H,2,9-10,12H2,(H,25,28)(H,26,27). The Kier molecular flexibility index (Phi) is 5.65.